The highest BCUT2D eigenvalue weighted by Crippen LogP contribution is 2.19. The van der Waals surface area contributed by atoms with E-state index in [-0.39, 0.29) is 36.8 Å². The van der Waals surface area contributed by atoms with Gasteiger partial charge in [-0.1, -0.05) is 19.9 Å². The van der Waals surface area contributed by atoms with Gasteiger partial charge in [-0.05, 0) is 44.4 Å². The van der Waals surface area contributed by atoms with E-state index in [1.807, 2.05) is 42.7 Å². The predicted molar refractivity (Wildman–Crippen MR) is 107 cm³/mol. The Morgan fingerprint density at radius 3 is 2.48 bits per heavy atom. The number of pyridine rings is 1. The number of carbonyl (C=O) groups is 1. The van der Waals surface area contributed by atoms with Gasteiger partial charge in [0, 0.05) is 30.2 Å². The zero-order chi connectivity index (χ0) is 17.0. The molecule has 0 fully saturated rings. The highest BCUT2D eigenvalue weighted by Gasteiger charge is 2.19. The van der Waals surface area contributed by atoms with Crippen LogP contribution >= 0.6 is 24.8 Å². The Balaban J connectivity index is 0.00000288. The number of halogens is 2. The second-order valence-electron chi connectivity index (χ2n) is 6.34. The van der Waals surface area contributed by atoms with Crippen molar-refractivity contribution in [3.63, 3.8) is 0 Å². The summed E-state index contributed by atoms with van der Waals surface area (Å²) in [5, 5.41) is 3.05. The van der Waals surface area contributed by atoms with E-state index >= 15 is 0 Å². The minimum absolute atomic E-state index is 0. The van der Waals surface area contributed by atoms with Crippen molar-refractivity contribution in [2.24, 2.45) is 11.7 Å². The maximum Gasteiger partial charge on any atom is 0.253 e. The molecule has 2 heterocycles. The monoisotopic (exact) mass is 386 g/mol. The zero-order valence-electron chi connectivity index (χ0n) is 15.2. The van der Waals surface area contributed by atoms with Crippen molar-refractivity contribution in [1.29, 1.82) is 0 Å². The number of amides is 1. The third kappa shape index (κ3) is 5.73. The first-order chi connectivity index (χ1) is 10.9. The molecule has 2 rings (SSSR count). The smallest absolute Gasteiger partial charge is 0.253 e. The van der Waals surface area contributed by atoms with E-state index in [2.05, 4.69) is 24.1 Å². The van der Waals surface area contributed by atoms with Crippen LogP contribution in [0.15, 0.2) is 30.5 Å². The third-order valence-electron chi connectivity index (χ3n) is 3.93. The Labute approximate surface area is 162 Å². The summed E-state index contributed by atoms with van der Waals surface area (Å²) in [6.45, 7) is 8.62. The van der Waals surface area contributed by atoms with E-state index in [9.17, 15) is 4.79 Å². The first-order valence-corrected chi connectivity index (χ1v) is 8.05. The molecule has 1 atom stereocenters. The van der Waals surface area contributed by atoms with E-state index < -0.39 is 0 Å². The molecule has 0 aliphatic rings. The molecule has 7 heteroatoms. The standard InChI is InChI=1S/C18H26N4O.2ClH/c1-12(2)9-15(11-19)21-18(23)16-10-13(3)22(14(16)4)17-7-5-6-8-20-17;;/h5-8,10,12,15H,9,11,19H2,1-4H3,(H,21,23);2*1H. The summed E-state index contributed by atoms with van der Waals surface area (Å²) in [5.74, 6) is 1.24. The first-order valence-electron chi connectivity index (χ1n) is 8.05. The van der Waals surface area contributed by atoms with Crippen LogP contribution in [0.1, 0.15) is 42.0 Å². The van der Waals surface area contributed by atoms with Crippen LogP contribution in [0.3, 0.4) is 0 Å². The van der Waals surface area contributed by atoms with Crippen LogP contribution in [0.5, 0.6) is 0 Å². The Morgan fingerprint density at radius 1 is 1.28 bits per heavy atom. The fraction of sp³-hybridized carbons (Fsp3) is 0.444. The normalized spacial score (nSPS) is 11.4. The molecule has 140 valence electrons. The molecule has 1 unspecified atom stereocenters. The average Bonchev–Trinajstić information content (AvgIpc) is 2.82. The fourth-order valence-electron chi connectivity index (χ4n) is 2.88. The third-order valence-corrected chi connectivity index (χ3v) is 3.93. The predicted octanol–water partition coefficient (Wildman–Crippen LogP) is 3.44. The van der Waals surface area contributed by atoms with Crippen LogP contribution in [-0.2, 0) is 0 Å². The van der Waals surface area contributed by atoms with Crippen molar-refractivity contribution in [1.82, 2.24) is 14.9 Å². The second kappa shape index (κ2) is 10.4. The zero-order valence-corrected chi connectivity index (χ0v) is 16.8. The van der Waals surface area contributed by atoms with E-state index in [0.29, 0.717) is 18.0 Å². The van der Waals surface area contributed by atoms with Crippen molar-refractivity contribution in [2.75, 3.05) is 6.54 Å². The molecule has 0 aliphatic carbocycles. The van der Waals surface area contributed by atoms with Gasteiger partial charge >= 0.3 is 0 Å². The molecule has 0 aromatic carbocycles. The molecule has 0 spiro atoms. The van der Waals surface area contributed by atoms with Crippen molar-refractivity contribution < 1.29 is 4.79 Å². The van der Waals surface area contributed by atoms with Gasteiger partial charge in [0.05, 0.1) is 5.56 Å². The number of hydrogen-bond acceptors (Lipinski definition) is 3. The Hall–Kier alpha value is -1.56. The Kier molecular flexibility index (Phi) is 9.78. The van der Waals surface area contributed by atoms with Gasteiger partial charge in [-0.2, -0.15) is 0 Å². The van der Waals surface area contributed by atoms with Crippen molar-refractivity contribution >= 4 is 30.7 Å². The molecule has 0 aliphatic heterocycles. The van der Waals surface area contributed by atoms with Crippen LogP contribution in [0.2, 0.25) is 0 Å². The van der Waals surface area contributed by atoms with Crippen LogP contribution < -0.4 is 11.1 Å². The number of aromatic nitrogens is 2. The summed E-state index contributed by atoms with van der Waals surface area (Å²) >= 11 is 0. The van der Waals surface area contributed by atoms with Crippen LogP contribution in [-0.4, -0.2) is 28.0 Å². The van der Waals surface area contributed by atoms with Gasteiger partial charge in [0.25, 0.3) is 5.91 Å². The largest absolute Gasteiger partial charge is 0.348 e. The molecule has 0 bridgehead atoms. The first kappa shape index (κ1) is 23.4. The van der Waals surface area contributed by atoms with Crippen LogP contribution in [0.25, 0.3) is 5.82 Å². The molecular formula is C18H28Cl2N4O. The van der Waals surface area contributed by atoms with Gasteiger partial charge in [-0.25, -0.2) is 4.98 Å². The molecule has 0 saturated heterocycles. The molecule has 0 radical (unpaired) electrons. The average molecular weight is 387 g/mol. The summed E-state index contributed by atoms with van der Waals surface area (Å²) in [7, 11) is 0. The Bertz CT molecular complexity index is 671. The molecule has 1 amide bonds. The van der Waals surface area contributed by atoms with Crippen molar-refractivity contribution in [3.05, 3.63) is 47.4 Å². The van der Waals surface area contributed by atoms with Crippen molar-refractivity contribution in [2.45, 2.75) is 40.2 Å². The van der Waals surface area contributed by atoms with Gasteiger partial charge in [-0.3, -0.25) is 4.79 Å². The number of nitrogens with two attached hydrogens (primary N) is 1. The number of aryl methyl sites for hydroxylation is 1. The summed E-state index contributed by atoms with van der Waals surface area (Å²) in [6.07, 6.45) is 2.63. The van der Waals surface area contributed by atoms with Crippen molar-refractivity contribution in [3.8, 4) is 5.82 Å². The molecular weight excluding hydrogens is 359 g/mol. The summed E-state index contributed by atoms with van der Waals surface area (Å²) in [4.78, 5) is 17.0. The highest BCUT2D eigenvalue weighted by molar-refractivity contribution is 5.96. The van der Waals surface area contributed by atoms with E-state index in [1.54, 1.807) is 6.20 Å². The van der Waals surface area contributed by atoms with Gasteiger partial charge < -0.3 is 15.6 Å². The second-order valence-corrected chi connectivity index (χ2v) is 6.34. The molecule has 25 heavy (non-hydrogen) atoms. The van der Waals surface area contributed by atoms with Gasteiger partial charge in [0.1, 0.15) is 5.82 Å². The molecule has 0 saturated carbocycles. The summed E-state index contributed by atoms with van der Waals surface area (Å²) in [5.41, 5.74) is 8.33. The Morgan fingerprint density at radius 2 is 1.96 bits per heavy atom. The van der Waals surface area contributed by atoms with Crippen LogP contribution in [0.4, 0.5) is 0 Å². The van der Waals surface area contributed by atoms with E-state index in [1.165, 1.54) is 0 Å². The number of nitrogens with zero attached hydrogens (tertiary/aromatic N) is 2. The molecule has 3 N–H and O–H groups in total. The SMILES string of the molecule is Cc1cc(C(=O)NC(CN)CC(C)C)c(C)n1-c1ccccn1.Cl.Cl. The number of carbonyl (C=O) groups excluding carboxylic acids is 1. The number of rotatable bonds is 6. The lowest BCUT2D eigenvalue weighted by Gasteiger charge is -2.18. The lowest BCUT2D eigenvalue weighted by Crippen LogP contribution is -2.41. The number of hydrogen-bond donors (Lipinski definition) is 2. The van der Waals surface area contributed by atoms with E-state index in [4.69, 9.17) is 5.73 Å². The summed E-state index contributed by atoms with van der Waals surface area (Å²) in [6, 6.07) is 7.66. The fourth-order valence-corrected chi connectivity index (χ4v) is 2.88. The maximum atomic E-state index is 12.6. The molecule has 2 aromatic heterocycles. The minimum atomic E-state index is -0.0728. The van der Waals surface area contributed by atoms with Gasteiger partial charge in [-0.15, -0.1) is 24.8 Å². The van der Waals surface area contributed by atoms with Gasteiger partial charge in [0.2, 0.25) is 0 Å². The number of nitrogens with one attached hydrogen (secondary N) is 1. The maximum absolute atomic E-state index is 12.6. The molecule has 2 aromatic rings. The summed E-state index contributed by atoms with van der Waals surface area (Å²) < 4.78 is 1.99. The van der Waals surface area contributed by atoms with Gasteiger partial charge in [0.15, 0.2) is 0 Å². The minimum Gasteiger partial charge on any atom is -0.348 e. The van der Waals surface area contributed by atoms with Crippen LogP contribution in [0, 0.1) is 19.8 Å². The topological polar surface area (TPSA) is 72.9 Å². The quantitative estimate of drug-likeness (QED) is 0.798. The highest BCUT2D eigenvalue weighted by atomic mass is 35.5. The van der Waals surface area contributed by atoms with E-state index in [0.717, 1.165) is 23.6 Å². The lowest BCUT2D eigenvalue weighted by atomic mass is 10.0. The molecule has 5 nitrogen and oxygen atoms in total. The lowest BCUT2D eigenvalue weighted by molar-refractivity contribution is 0.0933.